The van der Waals surface area contributed by atoms with E-state index in [2.05, 4.69) is 5.10 Å². The van der Waals surface area contributed by atoms with Crippen LogP contribution < -0.4 is 0 Å². The van der Waals surface area contributed by atoms with E-state index in [0.717, 1.165) is 16.3 Å². The predicted octanol–water partition coefficient (Wildman–Crippen LogP) is 1.25. The lowest BCUT2D eigenvalue weighted by Crippen LogP contribution is -2.25. The number of rotatable bonds is 6. The van der Waals surface area contributed by atoms with E-state index in [0.29, 0.717) is 13.2 Å². The molecule has 0 fully saturated rings. The van der Waals surface area contributed by atoms with E-state index >= 15 is 0 Å². The normalized spacial score (nSPS) is 10.3. The summed E-state index contributed by atoms with van der Waals surface area (Å²) < 4.78 is 6.49. The van der Waals surface area contributed by atoms with Gasteiger partial charge in [-0.3, -0.25) is 9.48 Å². The van der Waals surface area contributed by atoms with Crippen molar-refractivity contribution >= 4 is 12.1 Å². The molecule has 1 aromatic heterocycles. The van der Waals surface area contributed by atoms with Gasteiger partial charge in [-0.2, -0.15) is 5.10 Å². The summed E-state index contributed by atoms with van der Waals surface area (Å²) in [5.74, 6) is -0.284. The Bertz CT molecular complexity index is 456. The Morgan fingerprint density at radius 1 is 1.53 bits per heavy atom. The van der Waals surface area contributed by atoms with E-state index in [1.807, 2.05) is 13.0 Å². The van der Waals surface area contributed by atoms with Crippen LogP contribution in [-0.4, -0.2) is 45.5 Å². The lowest BCUT2D eigenvalue weighted by molar-refractivity contribution is -0.143. The van der Waals surface area contributed by atoms with Crippen LogP contribution in [0.4, 0.5) is 4.79 Å². The van der Waals surface area contributed by atoms with Crippen LogP contribution in [0.1, 0.15) is 24.7 Å². The molecular weight excluding hydrogens is 250 g/mol. The fourth-order valence-corrected chi connectivity index (χ4v) is 1.66. The molecule has 0 spiro atoms. The minimum Gasteiger partial charge on any atom is -0.466 e. The number of hydrogen-bond donors (Lipinski definition) is 1. The van der Waals surface area contributed by atoms with Crippen molar-refractivity contribution in [2.75, 3.05) is 13.7 Å². The quantitative estimate of drug-likeness (QED) is 0.786. The van der Waals surface area contributed by atoms with E-state index < -0.39 is 6.09 Å². The van der Waals surface area contributed by atoms with Crippen LogP contribution >= 0.6 is 0 Å². The summed E-state index contributed by atoms with van der Waals surface area (Å²) in [6.07, 6.45) is -0.783. The molecule has 7 nitrogen and oxygen atoms in total. The van der Waals surface area contributed by atoms with Gasteiger partial charge in [0.2, 0.25) is 0 Å². The highest BCUT2D eigenvalue weighted by molar-refractivity contribution is 5.69. The van der Waals surface area contributed by atoms with E-state index in [9.17, 15) is 9.59 Å². The van der Waals surface area contributed by atoms with Crippen molar-refractivity contribution in [1.82, 2.24) is 14.7 Å². The van der Waals surface area contributed by atoms with Crippen LogP contribution in [0.25, 0.3) is 0 Å². The molecule has 1 N–H and O–H groups in total. The SMILES string of the molecule is CCOC(=O)CCn1nc(C)cc1CN(C)C(=O)O. The Kier molecular flexibility index (Phi) is 5.35. The topological polar surface area (TPSA) is 84.7 Å². The fourth-order valence-electron chi connectivity index (χ4n) is 1.66. The molecule has 1 rings (SSSR count). The summed E-state index contributed by atoms with van der Waals surface area (Å²) >= 11 is 0. The third-order valence-corrected chi connectivity index (χ3v) is 2.54. The van der Waals surface area contributed by atoms with Crippen LogP contribution in [0.2, 0.25) is 0 Å². The molecule has 1 heterocycles. The molecule has 7 heteroatoms. The second-order valence-corrected chi connectivity index (χ2v) is 4.19. The molecular formula is C12H19N3O4. The van der Waals surface area contributed by atoms with Gasteiger partial charge in [0.15, 0.2) is 0 Å². The Labute approximate surface area is 111 Å². The minimum absolute atomic E-state index is 0.221. The first kappa shape index (κ1) is 15.0. The molecule has 19 heavy (non-hydrogen) atoms. The number of ether oxygens (including phenoxy) is 1. The number of aromatic nitrogens is 2. The van der Waals surface area contributed by atoms with Crippen LogP contribution in [-0.2, 0) is 22.6 Å². The standard InChI is InChI=1S/C12H19N3O4/c1-4-19-11(16)5-6-15-10(7-9(2)13-15)8-14(3)12(17)18/h7H,4-6,8H2,1-3H3,(H,17,18). The summed E-state index contributed by atoms with van der Waals surface area (Å²) in [6, 6.07) is 1.81. The zero-order valence-corrected chi connectivity index (χ0v) is 11.4. The molecule has 1 aromatic rings. The molecule has 0 saturated heterocycles. The van der Waals surface area contributed by atoms with Gasteiger partial charge in [-0.05, 0) is 19.9 Å². The first-order chi connectivity index (χ1) is 8.93. The van der Waals surface area contributed by atoms with Crippen molar-refractivity contribution < 1.29 is 19.4 Å². The zero-order valence-electron chi connectivity index (χ0n) is 11.4. The molecule has 0 unspecified atom stereocenters. The molecule has 0 aliphatic heterocycles. The smallest absolute Gasteiger partial charge is 0.407 e. The van der Waals surface area contributed by atoms with Crippen molar-refractivity contribution in [3.63, 3.8) is 0 Å². The third kappa shape index (κ3) is 4.61. The Morgan fingerprint density at radius 3 is 2.79 bits per heavy atom. The van der Waals surface area contributed by atoms with Crippen molar-refractivity contribution in [3.05, 3.63) is 17.5 Å². The van der Waals surface area contributed by atoms with E-state index in [4.69, 9.17) is 9.84 Å². The maximum Gasteiger partial charge on any atom is 0.407 e. The molecule has 0 aliphatic carbocycles. The van der Waals surface area contributed by atoms with Gasteiger partial charge in [0, 0.05) is 7.05 Å². The second-order valence-electron chi connectivity index (χ2n) is 4.19. The number of nitrogens with zero attached hydrogens (tertiary/aromatic N) is 3. The van der Waals surface area contributed by atoms with Gasteiger partial charge in [-0.1, -0.05) is 0 Å². The lowest BCUT2D eigenvalue weighted by atomic mass is 10.3. The number of carbonyl (C=O) groups excluding carboxylic acids is 1. The summed E-state index contributed by atoms with van der Waals surface area (Å²) in [6.45, 7) is 4.55. The van der Waals surface area contributed by atoms with Crippen molar-refractivity contribution in [1.29, 1.82) is 0 Å². The average molecular weight is 269 g/mol. The third-order valence-electron chi connectivity index (χ3n) is 2.54. The highest BCUT2D eigenvalue weighted by Crippen LogP contribution is 2.08. The van der Waals surface area contributed by atoms with Crippen molar-refractivity contribution in [2.24, 2.45) is 0 Å². The van der Waals surface area contributed by atoms with Gasteiger partial charge >= 0.3 is 12.1 Å². The molecule has 0 aliphatic rings. The fraction of sp³-hybridized carbons (Fsp3) is 0.583. The van der Waals surface area contributed by atoms with Gasteiger partial charge in [-0.25, -0.2) is 4.79 Å². The molecule has 1 amide bonds. The zero-order chi connectivity index (χ0) is 14.4. The largest absolute Gasteiger partial charge is 0.466 e. The molecule has 0 bridgehead atoms. The Morgan fingerprint density at radius 2 is 2.21 bits per heavy atom. The Balaban J connectivity index is 2.67. The van der Waals surface area contributed by atoms with E-state index in [-0.39, 0.29) is 18.9 Å². The van der Waals surface area contributed by atoms with Gasteiger partial charge in [0.05, 0.1) is 37.5 Å². The summed E-state index contributed by atoms with van der Waals surface area (Å²) in [5.41, 5.74) is 1.55. The summed E-state index contributed by atoms with van der Waals surface area (Å²) in [5, 5.41) is 13.1. The molecule has 0 atom stereocenters. The molecule has 0 radical (unpaired) electrons. The van der Waals surface area contributed by atoms with Crippen LogP contribution in [0.15, 0.2) is 6.07 Å². The average Bonchev–Trinajstić information content (AvgIpc) is 2.67. The monoisotopic (exact) mass is 269 g/mol. The van der Waals surface area contributed by atoms with Crippen molar-refractivity contribution in [3.8, 4) is 0 Å². The van der Waals surface area contributed by atoms with E-state index in [1.54, 1.807) is 11.6 Å². The maximum atomic E-state index is 11.3. The van der Waals surface area contributed by atoms with Gasteiger partial charge < -0.3 is 14.7 Å². The number of amides is 1. The van der Waals surface area contributed by atoms with Gasteiger partial charge in [0.1, 0.15) is 0 Å². The van der Waals surface area contributed by atoms with Crippen LogP contribution in [0, 0.1) is 6.92 Å². The number of carboxylic acid groups (broad SMARTS) is 1. The Hall–Kier alpha value is -2.05. The highest BCUT2D eigenvalue weighted by Gasteiger charge is 2.13. The minimum atomic E-state index is -1.00. The summed E-state index contributed by atoms with van der Waals surface area (Å²) in [4.78, 5) is 23.3. The summed E-state index contributed by atoms with van der Waals surface area (Å²) in [7, 11) is 1.49. The van der Waals surface area contributed by atoms with E-state index in [1.165, 1.54) is 7.05 Å². The first-order valence-electron chi connectivity index (χ1n) is 6.07. The molecule has 0 saturated carbocycles. The van der Waals surface area contributed by atoms with Crippen LogP contribution in [0.5, 0.6) is 0 Å². The van der Waals surface area contributed by atoms with Crippen molar-refractivity contribution in [2.45, 2.75) is 33.4 Å². The predicted molar refractivity (Wildman–Crippen MR) is 67.7 cm³/mol. The number of hydrogen-bond acceptors (Lipinski definition) is 4. The van der Waals surface area contributed by atoms with Gasteiger partial charge in [0.25, 0.3) is 0 Å². The molecule has 0 aromatic carbocycles. The number of carbonyl (C=O) groups is 2. The lowest BCUT2D eigenvalue weighted by Gasteiger charge is -2.14. The van der Waals surface area contributed by atoms with Gasteiger partial charge in [-0.15, -0.1) is 0 Å². The first-order valence-corrected chi connectivity index (χ1v) is 6.07. The second kappa shape index (κ2) is 6.77. The highest BCUT2D eigenvalue weighted by atomic mass is 16.5. The number of esters is 1. The van der Waals surface area contributed by atoms with Crippen LogP contribution in [0.3, 0.4) is 0 Å². The molecule has 106 valence electrons. The maximum absolute atomic E-state index is 11.3. The number of aryl methyl sites for hydroxylation is 2.